The van der Waals surface area contributed by atoms with E-state index in [9.17, 15) is 0 Å². The lowest BCUT2D eigenvalue weighted by Gasteiger charge is -2.25. The van der Waals surface area contributed by atoms with E-state index in [1.165, 1.54) is 49.9 Å². The first-order valence-electron chi connectivity index (χ1n) is 5.74. The van der Waals surface area contributed by atoms with Gasteiger partial charge in [0.05, 0.1) is 0 Å². The van der Waals surface area contributed by atoms with Crippen molar-refractivity contribution in [1.82, 2.24) is 10.9 Å². The van der Waals surface area contributed by atoms with Crippen LogP contribution in [0.5, 0.6) is 0 Å². The molecule has 0 saturated heterocycles. The molecule has 0 unspecified atom stereocenters. The minimum absolute atomic E-state index is 0.913. The lowest BCUT2D eigenvalue weighted by atomic mass is 9.86. The second-order valence-electron chi connectivity index (χ2n) is 4.50. The number of nitrogens with one attached hydrogen (secondary N) is 2. The summed E-state index contributed by atoms with van der Waals surface area (Å²) < 4.78 is 0. The molecule has 0 aromatic heterocycles. The molecule has 1 aliphatic heterocycles. The number of hydrogen-bond acceptors (Lipinski definition) is 2. The minimum atomic E-state index is 0.913. The second kappa shape index (κ2) is 4.54. The quantitative estimate of drug-likeness (QED) is 0.703. The monoisotopic (exact) mass is 192 g/mol. The lowest BCUT2D eigenvalue weighted by Crippen LogP contribution is -2.32. The molecule has 1 fully saturated rings. The van der Waals surface area contributed by atoms with E-state index in [-0.39, 0.29) is 0 Å². The Balaban J connectivity index is 1.84. The summed E-state index contributed by atoms with van der Waals surface area (Å²) in [5.74, 6) is 0.913. The molecule has 2 rings (SSSR count). The fourth-order valence-electron chi connectivity index (χ4n) is 2.31. The number of hydrogen-bond donors (Lipinski definition) is 2. The maximum Gasteiger partial charge on any atom is 0.0317 e. The highest BCUT2D eigenvalue weighted by molar-refractivity contribution is 5.19. The van der Waals surface area contributed by atoms with Crippen LogP contribution >= 0.6 is 0 Å². The van der Waals surface area contributed by atoms with Crippen LogP contribution in [-0.2, 0) is 0 Å². The predicted molar refractivity (Wildman–Crippen MR) is 59.3 cm³/mol. The van der Waals surface area contributed by atoms with Gasteiger partial charge in [0.1, 0.15) is 0 Å². The zero-order valence-electron chi connectivity index (χ0n) is 8.97. The molecule has 2 N–H and O–H groups in total. The lowest BCUT2D eigenvalue weighted by molar-refractivity contribution is 0.348. The highest BCUT2D eigenvalue weighted by Gasteiger charge is 2.15. The molecular weight excluding hydrogens is 172 g/mol. The molecule has 0 aromatic carbocycles. The Morgan fingerprint density at radius 2 is 1.93 bits per heavy atom. The summed E-state index contributed by atoms with van der Waals surface area (Å²) >= 11 is 0. The second-order valence-corrected chi connectivity index (χ2v) is 4.50. The van der Waals surface area contributed by atoms with Crippen molar-refractivity contribution in [3.63, 3.8) is 0 Å². The first-order chi connectivity index (χ1) is 6.84. The Bertz CT molecular complexity index is 247. The molecule has 1 aliphatic carbocycles. The molecule has 0 atom stereocenters. The molecule has 2 nitrogen and oxygen atoms in total. The van der Waals surface area contributed by atoms with Crippen molar-refractivity contribution in [2.75, 3.05) is 0 Å². The van der Waals surface area contributed by atoms with Gasteiger partial charge in [-0.25, -0.2) is 0 Å². The number of hydrazine groups is 1. The average molecular weight is 192 g/mol. The van der Waals surface area contributed by atoms with Crippen LogP contribution in [0.2, 0.25) is 0 Å². The van der Waals surface area contributed by atoms with Crippen LogP contribution in [0.1, 0.15) is 45.4 Å². The summed E-state index contributed by atoms with van der Waals surface area (Å²) in [6, 6.07) is 0. The van der Waals surface area contributed by atoms with Gasteiger partial charge >= 0.3 is 0 Å². The standard InChI is InChI=1S/C12H20N2/c1-10-7-8-12(14-13-10)9-11-5-3-2-4-6-11/h7-8,11,13-14H,2-6,9H2,1H3. The van der Waals surface area contributed by atoms with Gasteiger partial charge in [0.25, 0.3) is 0 Å². The zero-order valence-corrected chi connectivity index (χ0v) is 8.97. The third-order valence-electron chi connectivity index (χ3n) is 3.19. The fourth-order valence-corrected chi connectivity index (χ4v) is 2.31. The van der Waals surface area contributed by atoms with Crippen LogP contribution in [0.15, 0.2) is 23.5 Å². The minimum Gasteiger partial charge on any atom is -0.306 e. The van der Waals surface area contributed by atoms with Crippen LogP contribution in [0, 0.1) is 5.92 Å². The summed E-state index contributed by atoms with van der Waals surface area (Å²) in [6.45, 7) is 2.07. The summed E-state index contributed by atoms with van der Waals surface area (Å²) in [4.78, 5) is 0. The van der Waals surface area contributed by atoms with Crippen LogP contribution < -0.4 is 10.9 Å². The van der Waals surface area contributed by atoms with E-state index in [1.54, 1.807) is 0 Å². The van der Waals surface area contributed by atoms with Gasteiger partial charge in [-0.05, 0) is 31.4 Å². The molecule has 1 heterocycles. The van der Waals surface area contributed by atoms with Crippen molar-refractivity contribution in [1.29, 1.82) is 0 Å². The Labute approximate surface area is 86.4 Å². The molecular formula is C12H20N2. The summed E-state index contributed by atoms with van der Waals surface area (Å²) in [6.07, 6.45) is 12.7. The van der Waals surface area contributed by atoms with E-state index in [0.29, 0.717) is 0 Å². The molecule has 2 aliphatic rings. The molecule has 2 heteroatoms. The van der Waals surface area contributed by atoms with Gasteiger partial charge in [0.15, 0.2) is 0 Å². The first kappa shape index (κ1) is 9.63. The van der Waals surface area contributed by atoms with Gasteiger partial charge in [0, 0.05) is 11.4 Å². The number of allylic oxidation sites excluding steroid dienone is 4. The topological polar surface area (TPSA) is 24.1 Å². The highest BCUT2D eigenvalue weighted by Crippen LogP contribution is 2.28. The molecule has 0 amide bonds. The van der Waals surface area contributed by atoms with E-state index in [2.05, 4.69) is 29.9 Å². The molecule has 0 radical (unpaired) electrons. The zero-order chi connectivity index (χ0) is 9.80. The van der Waals surface area contributed by atoms with E-state index in [1.807, 2.05) is 0 Å². The van der Waals surface area contributed by atoms with Crippen molar-refractivity contribution in [3.05, 3.63) is 23.5 Å². The smallest absolute Gasteiger partial charge is 0.0317 e. The van der Waals surface area contributed by atoms with E-state index in [4.69, 9.17) is 0 Å². The number of rotatable bonds is 2. The van der Waals surface area contributed by atoms with Crippen LogP contribution in [0.25, 0.3) is 0 Å². The van der Waals surface area contributed by atoms with Crippen molar-refractivity contribution in [2.24, 2.45) is 5.92 Å². The SMILES string of the molecule is CC1=CC=C(CC2CCCCC2)NN1. The summed E-state index contributed by atoms with van der Waals surface area (Å²) in [7, 11) is 0. The largest absolute Gasteiger partial charge is 0.306 e. The molecule has 0 aromatic rings. The molecule has 0 spiro atoms. The predicted octanol–water partition coefficient (Wildman–Crippen LogP) is 2.85. The van der Waals surface area contributed by atoms with Gasteiger partial charge in [-0.2, -0.15) is 0 Å². The maximum atomic E-state index is 3.26. The maximum absolute atomic E-state index is 3.26. The molecule has 14 heavy (non-hydrogen) atoms. The Morgan fingerprint density at radius 1 is 1.14 bits per heavy atom. The van der Waals surface area contributed by atoms with Crippen molar-refractivity contribution in [2.45, 2.75) is 45.4 Å². The first-order valence-corrected chi connectivity index (χ1v) is 5.74. The Morgan fingerprint density at radius 3 is 2.57 bits per heavy atom. The Kier molecular flexibility index (Phi) is 3.12. The van der Waals surface area contributed by atoms with Crippen LogP contribution in [0.3, 0.4) is 0 Å². The van der Waals surface area contributed by atoms with Gasteiger partial charge in [-0.3, -0.25) is 0 Å². The van der Waals surface area contributed by atoms with Gasteiger partial charge in [-0.1, -0.05) is 32.1 Å². The van der Waals surface area contributed by atoms with Crippen molar-refractivity contribution >= 4 is 0 Å². The summed E-state index contributed by atoms with van der Waals surface area (Å²) in [5.41, 5.74) is 8.96. The van der Waals surface area contributed by atoms with Crippen LogP contribution in [0.4, 0.5) is 0 Å². The van der Waals surface area contributed by atoms with Crippen molar-refractivity contribution < 1.29 is 0 Å². The highest BCUT2D eigenvalue weighted by atomic mass is 15.4. The Hall–Kier alpha value is -0.920. The molecule has 0 bridgehead atoms. The van der Waals surface area contributed by atoms with Gasteiger partial charge in [0.2, 0.25) is 0 Å². The van der Waals surface area contributed by atoms with E-state index < -0.39 is 0 Å². The average Bonchev–Trinajstić information content (AvgIpc) is 2.23. The molecule has 1 saturated carbocycles. The molecule has 78 valence electrons. The van der Waals surface area contributed by atoms with E-state index >= 15 is 0 Å². The third-order valence-corrected chi connectivity index (χ3v) is 3.19. The summed E-state index contributed by atoms with van der Waals surface area (Å²) in [5, 5.41) is 0. The third kappa shape index (κ3) is 2.53. The van der Waals surface area contributed by atoms with Gasteiger partial charge in [-0.15, -0.1) is 0 Å². The van der Waals surface area contributed by atoms with Crippen LogP contribution in [-0.4, -0.2) is 0 Å². The van der Waals surface area contributed by atoms with E-state index in [0.717, 1.165) is 5.92 Å². The normalized spacial score (nSPS) is 23.2. The van der Waals surface area contributed by atoms with Gasteiger partial charge < -0.3 is 10.9 Å². The fraction of sp³-hybridized carbons (Fsp3) is 0.667. The van der Waals surface area contributed by atoms with Crippen molar-refractivity contribution in [3.8, 4) is 0 Å².